The fraction of sp³-hybridized carbons (Fsp3) is 0.538. The molecule has 0 bridgehead atoms. The average molecular weight is 293 g/mol. The van der Waals surface area contributed by atoms with Crippen LogP contribution in [0.15, 0.2) is 24.3 Å². The second-order valence-corrected chi connectivity index (χ2v) is 5.15. The van der Waals surface area contributed by atoms with Gasteiger partial charge in [-0.05, 0) is 30.4 Å². The Hall–Kier alpha value is -0.720. The molecule has 19 heavy (non-hydrogen) atoms. The minimum Gasteiger partial charge on any atom is -0.396 e. The first-order chi connectivity index (χ1) is 8.97. The van der Waals surface area contributed by atoms with E-state index in [1.807, 2.05) is 6.26 Å². The Morgan fingerprint density at radius 2 is 1.89 bits per heavy atom. The molecule has 0 heterocycles. The van der Waals surface area contributed by atoms with Gasteiger partial charge in [-0.25, -0.2) is 0 Å². The molecule has 2 nitrogen and oxygen atoms in total. The second-order valence-electron chi connectivity index (χ2n) is 4.24. The average Bonchev–Trinajstić information content (AvgIpc) is 2.36. The molecule has 108 valence electrons. The monoisotopic (exact) mass is 293 g/mol. The molecule has 6 heteroatoms. The lowest BCUT2D eigenvalue weighted by atomic mass is 10.1. The first-order valence-electron chi connectivity index (χ1n) is 5.96. The number of halogens is 3. The molecule has 1 aromatic rings. The Kier molecular flexibility index (Phi) is 6.68. The molecule has 0 aliphatic rings. The highest BCUT2D eigenvalue weighted by Gasteiger charge is 2.29. The van der Waals surface area contributed by atoms with Crippen molar-refractivity contribution >= 4 is 11.8 Å². The van der Waals surface area contributed by atoms with E-state index < -0.39 is 11.7 Å². The maximum Gasteiger partial charge on any atom is 0.416 e. The van der Waals surface area contributed by atoms with Crippen LogP contribution in [-0.4, -0.2) is 29.8 Å². The molecule has 1 aromatic carbocycles. The number of hydrogen-bond donors (Lipinski definition) is 2. The summed E-state index contributed by atoms with van der Waals surface area (Å²) < 4.78 is 37.2. The van der Waals surface area contributed by atoms with E-state index >= 15 is 0 Å². The highest BCUT2D eigenvalue weighted by molar-refractivity contribution is 7.98. The number of rotatable bonds is 7. The first-order valence-corrected chi connectivity index (χ1v) is 7.36. The summed E-state index contributed by atoms with van der Waals surface area (Å²) in [5.41, 5.74) is 0.171. The van der Waals surface area contributed by atoms with Crippen LogP contribution in [0.25, 0.3) is 0 Å². The minimum atomic E-state index is -4.29. The number of nitrogens with one attached hydrogen (secondary N) is 1. The summed E-state index contributed by atoms with van der Waals surface area (Å²) in [5, 5.41) is 12.1. The Morgan fingerprint density at radius 3 is 2.37 bits per heavy atom. The van der Waals surface area contributed by atoms with Crippen LogP contribution in [0.2, 0.25) is 0 Å². The van der Waals surface area contributed by atoms with Crippen LogP contribution >= 0.6 is 11.8 Å². The van der Waals surface area contributed by atoms with Crippen LogP contribution in [0.4, 0.5) is 13.2 Å². The Morgan fingerprint density at radius 1 is 1.26 bits per heavy atom. The molecule has 2 N–H and O–H groups in total. The van der Waals surface area contributed by atoms with E-state index in [0.29, 0.717) is 13.0 Å². The fourth-order valence-corrected chi connectivity index (χ4v) is 2.36. The number of alkyl halides is 3. The third kappa shape index (κ3) is 5.84. The zero-order valence-electron chi connectivity index (χ0n) is 10.7. The van der Waals surface area contributed by atoms with E-state index in [2.05, 4.69) is 5.32 Å². The number of benzene rings is 1. The number of aliphatic hydroxyl groups is 1. The SMILES string of the molecule is CSCC(CCO)NCc1ccc(C(F)(F)F)cc1. The number of aliphatic hydroxyl groups excluding tert-OH is 1. The van der Waals surface area contributed by atoms with Crippen molar-refractivity contribution in [3.05, 3.63) is 35.4 Å². The molecule has 1 unspecified atom stereocenters. The summed E-state index contributed by atoms with van der Waals surface area (Å²) in [4.78, 5) is 0. The van der Waals surface area contributed by atoms with Crippen LogP contribution in [0, 0.1) is 0 Å². The Bertz CT molecular complexity index is 361. The van der Waals surface area contributed by atoms with E-state index in [-0.39, 0.29) is 12.6 Å². The van der Waals surface area contributed by atoms with Crippen LogP contribution in [-0.2, 0) is 12.7 Å². The van der Waals surface area contributed by atoms with Gasteiger partial charge in [-0.15, -0.1) is 0 Å². The summed E-state index contributed by atoms with van der Waals surface area (Å²) in [6, 6.07) is 5.30. The molecule has 0 amide bonds. The molecular weight excluding hydrogens is 275 g/mol. The molecule has 0 saturated heterocycles. The fourth-order valence-electron chi connectivity index (χ4n) is 1.68. The van der Waals surface area contributed by atoms with Crippen molar-refractivity contribution < 1.29 is 18.3 Å². The number of hydrogen-bond acceptors (Lipinski definition) is 3. The quantitative estimate of drug-likeness (QED) is 0.811. The van der Waals surface area contributed by atoms with E-state index in [9.17, 15) is 13.2 Å². The van der Waals surface area contributed by atoms with Gasteiger partial charge in [0, 0.05) is 24.9 Å². The molecule has 1 rings (SSSR count). The molecule has 0 saturated carbocycles. The van der Waals surface area contributed by atoms with Gasteiger partial charge in [0.25, 0.3) is 0 Å². The summed E-state index contributed by atoms with van der Waals surface area (Å²) in [5.74, 6) is 0.862. The molecule has 0 radical (unpaired) electrons. The second kappa shape index (κ2) is 7.77. The third-order valence-corrected chi connectivity index (χ3v) is 3.46. The Labute approximate surface area is 115 Å². The molecule has 1 atom stereocenters. The molecule has 0 fully saturated rings. The maximum atomic E-state index is 12.4. The van der Waals surface area contributed by atoms with Gasteiger partial charge >= 0.3 is 6.18 Å². The predicted octanol–water partition coefficient (Wildman–Crippen LogP) is 2.91. The Balaban J connectivity index is 2.53. The van der Waals surface area contributed by atoms with Gasteiger partial charge in [0.05, 0.1) is 5.56 Å². The summed E-state index contributed by atoms with van der Waals surface area (Å²) in [6.07, 6.45) is -1.67. The van der Waals surface area contributed by atoms with Crippen molar-refractivity contribution in [2.45, 2.75) is 25.2 Å². The van der Waals surface area contributed by atoms with E-state index in [4.69, 9.17) is 5.11 Å². The van der Waals surface area contributed by atoms with Crippen molar-refractivity contribution in [2.75, 3.05) is 18.6 Å². The molecule has 0 spiro atoms. The van der Waals surface area contributed by atoms with Crippen molar-refractivity contribution in [3.63, 3.8) is 0 Å². The van der Waals surface area contributed by atoms with Gasteiger partial charge in [-0.1, -0.05) is 12.1 Å². The van der Waals surface area contributed by atoms with Crippen LogP contribution in [0.1, 0.15) is 17.5 Å². The highest BCUT2D eigenvalue weighted by Crippen LogP contribution is 2.29. The maximum absolute atomic E-state index is 12.4. The highest BCUT2D eigenvalue weighted by atomic mass is 32.2. The lowest BCUT2D eigenvalue weighted by molar-refractivity contribution is -0.137. The van der Waals surface area contributed by atoms with Crippen molar-refractivity contribution in [2.24, 2.45) is 0 Å². The molecule has 0 aliphatic carbocycles. The van der Waals surface area contributed by atoms with Crippen LogP contribution < -0.4 is 5.32 Å². The molecule has 0 aliphatic heterocycles. The van der Waals surface area contributed by atoms with E-state index in [1.54, 1.807) is 11.8 Å². The zero-order chi connectivity index (χ0) is 14.3. The van der Waals surface area contributed by atoms with Crippen molar-refractivity contribution in [1.29, 1.82) is 0 Å². The summed E-state index contributed by atoms with van der Waals surface area (Å²) in [7, 11) is 0. The number of thioether (sulfide) groups is 1. The van der Waals surface area contributed by atoms with Gasteiger partial charge in [0.2, 0.25) is 0 Å². The predicted molar refractivity (Wildman–Crippen MR) is 72.2 cm³/mol. The van der Waals surface area contributed by atoms with E-state index in [0.717, 1.165) is 23.4 Å². The topological polar surface area (TPSA) is 32.3 Å². The summed E-state index contributed by atoms with van der Waals surface area (Å²) >= 11 is 1.67. The molecule has 0 aromatic heterocycles. The van der Waals surface area contributed by atoms with Crippen molar-refractivity contribution in [3.8, 4) is 0 Å². The first kappa shape index (κ1) is 16.3. The lowest BCUT2D eigenvalue weighted by Crippen LogP contribution is -2.31. The van der Waals surface area contributed by atoms with Crippen molar-refractivity contribution in [1.82, 2.24) is 5.32 Å². The van der Waals surface area contributed by atoms with E-state index in [1.165, 1.54) is 12.1 Å². The van der Waals surface area contributed by atoms with Gasteiger partial charge in [-0.2, -0.15) is 24.9 Å². The third-order valence-electron chi connectivity index (χ3n) is 2.72. The van der Waals surface area contributed by atoms with Gasteiger partial charge in [-0.3, -0.25) is 0 Å². The lowest BCUT2D eigenvalue weighted by Gasteiger charge is -2.17. The van der Waals surface area contributed by atoms with Gasteiger partial charge < -0.3 is 10.4 Å². The largest absolute Gasteiger partial charge is 0.416 e. The van der Waals surface area contributed by atoms with Gasteiger partial charge in [0.15, 0.2) is 0 Å². The minimum absolute atomic E-state index is 0.102. The zero-order valence-corrected chi connectivity index (χ0v) is 11.5. The smallest absolute Gasteiger partial charge is 0.396 e. The van der Waals surface area contributed by atoms with Gasteiger partial charge in [0.1, 0.15) is 0 Å². The molecular formula is C13H18F3NOS. The standard InChI is InChI=1S/C13H18F3NOS/c1-19-9-12(6-7-18)17-8-10-2-4-11(5-3-10)13(14,15)16/h2-5,12,17-18H,6-9H2,1H3. The normalized spacial score (nSPS) is 13.5. The van der Waals surface area contributed by atoms with Crippen LogP contribution in [0.5, 0.6) is 0 Å². The van der Waals surface area contributed by atoms with Crippen LogP contribution in [0.3, 0.4) is 0 Å². The summed E-state index contributed by atoms with van der Waals surface area (Å²) in [6.45, 7) is 0.606.